The van der Waals surface area contributed by atoms with Crippen LogP contribution in [0.5, 0.6) is 0 Å². The zero-order chi connectivity index (χ0) is 29.3. The summed E-state index contributed by atoms with van der Waals surface area (Å²) in [6.07, 6.45) is 0. The fraction of sp³-hybridized carbons (Fsp3) is 0.125. The Balaban J connectivity index is 1.64. The Morgan fingerprint density at radius 1 is 0.829 bits per heavy atom. The monoisotopic (exact) mass is 548 g/mol. The number of para-hydroxylation sites is 1. The molecule has 0 aliphatic rings. The van der Waals surface area contributed by atoms with E-state index >= 15 is 0 Å². The van der Waals surface area contributed by atoms with E-state index in [1.807, 2.05) is 38.1 Å². The van der Waals surface area contributed by atoms with E-state index in [0.717, 1.165) is 5.39 Å². The Bertz CT molecular complexity index is 1840. The van der Waals surface area contributed by atoms with Gasteiger partial charge >= 0.3 is 5.97 Å². The zero-order valence-electron chi connectivity index (χ0n) is 22.4. The van der Waals surface area contributed by atoms with Crippen molar-refractivity contribution in [3.8, 4) is 11.1 Å². The van der Waals surface area contributed by atoms with Gasteiger partial charge in [0.2, 0.25) is 0 Å². The van der Waals surface area contributed by atoms with Gasteiger partial charge in [-0.2, -0.15) is 0 Å². The summed E-state index contributed by atoms with van der Waals surface area (Å²) in [6.45, 7) is 4.37. The summed E-state index contributed by atoms with van der Waals surface area (Å²) in [5.41, 5.74) is 8.53. The molecule has 1 aromatic heterocycles. The van der Waals surface area contributed by atoms with Crippen molar-refractivity contribution in [1.82, 2.24) is 5.32 Å². The zero-order valence-corrected chi connectivity index (χ0v) is 22.4. The molecule has 6 N–H and O–H groups in total. The van der Waals surface area contributed by atoms with Crippen molar-refractivity contribution < 1.29 is 23.9 Å². The first-order valence-electron chi connectivity index (χ1n) is 13.0. The number of nitrogens with two attached hydrogens (primary N) is 1. The molecule has 206 valence electrons. The number of anilines is 1. The van der Waals surface area contributed by atoms with Gasteiger partial charge in [0.25, 0.3) is 11.8 Å². The first kappa shape index (κ1) is 27.1. The van der Waals surface area contributed by atoms with Gasteiger partial charge in [-0.1, -0.05) is 38.1 Å². The summed E-state index contributed by atoms with van der Waals surface area (Å²) in [5.74, 6) is -1.96. The maximum Gasteiger partial charge on any atom is 0.336 e. The minimum absolute atomic E-state index is 0.0926. The number of carbonyl (C=O) groups is 3. The number of hydrogen-bond acceptors (Lipinski definition) is 5. The van der Waals surface area contributed by atoms with Crippen molar-refractivity contribution >= 4 is 51.2 Å². The Kier molecular flexibility index (Phi) is 7.26. The topological polar surface area (TPSA) is 159 Å². The predicted octanol–water partition coefficient (Wildman–Crippen LogP) is 5.87. The quantitative estimate of drug-likeness (QED) is 0.120. The lowest BCUT2D eigenvalue weighted by molar-refractivity contribution is 0.0697. The summed E-state index contributed by atoms with van der Waals surface area (Å²) in [7, 11) is 0. The number of nitrogen functional groups attached to an aromatic ring is 1. The summed E-state index contributed by atoms with van der Waals surface area (Å²) >= 11 is 0. The third-order valence-corrected chi connectivity index (χ3v) is 6.69. The van der Waals surface area contributed by atoms with Gasteiger partial charge in [-0.25, -0.2) is 4.79 Å². The number of nitrogens with one attached hydrogen (secondary N) is 3. The maximum absolute atomic E-state index is 13.7. The number of hydrogen-bond donors (Lipinski definition) is 5. The summed E-state index contributed by atoms with van der Waals surface area (Å²) < 4.78 is 6.04. The van der Waals surface area contributed by atoms with Gasteiger partial charge < -0.3 is 25.9 Å². The van der Waals surface area contributed by atoms with Crippen LogP contribution in [0.2, 0.25) is 0 Å². The normalized spacial score (nSPS) is 11.1. The van der Waals surface area contributed by atoms with Crippen LogP contribution in [0, 0.1) is 11.3 Å². The molecule has 0 unspecified atom stereocenters. The van der Waals surface area contributed by atoms with Crippen LogP contribution in [0.25, 0.3) is 33.1 Å². The highest BCUT2D eigenvalue weighted by Crippen LogP contribution is 2.37. The Morgan fingerprint density at radius 3 is 2.22 bits per heavy atom. The molecule has 5 aromatic rings. The molecule has 0 bridgehead atoms. The SMILES string of the molecule is CC(C)CNC(=O)c1ccc(-c2cc3oc4ccccc4c3cc2C(=O)Nc2ccc(C(=N)N)cc2)c(C(=O)O)c1. The van der Waals surface area contributed by atoms with Crippen LogP contribution in [0.3, 0.4) is 0 Å². The molecule has 0 saturated heterocycles. The van der Waals surface area contributed by atoms with Gasteiger partial charge in [-0.15, -0.1) is 0 Å². The minimum atomic E-state index is -1.24. The van der Waals surface area contributed by atoms with Gasteiger partial charge in [0.1, 0.15) is 17.0 Å². The van der Waals surface area contributed by atoms with Crippen molar-refractivity contribution in [3.05, 3.63) is 101 Å². The average Bonchev–Trinajstić information content (AvgIpc) is 3.32. The van der Waals surface area contributed by atoms with Crippen LogP contribution in [-0.4, -0.2) is 35.3 Å². The van der Waals surface area contributed by atoms with Gasteiger partial charge in [-0.05, 0) is 71.6 Å². The van der Waals surface area contributed by atoms with E-state index in [-0.39, 0.29) is 39.9 Å². The van der Waals surface area contributed by atoms with Gasteiger partial charge in [0.15, 0.2) is 0 Å². The molecule has 0 fully saturated rings. The van der Waals surface area contributed by atoms with Gasteiger partial charge in [0, 0.05) is 39.7 Å². The van der Waals surface area contributed by atoms with E-state index < -0.39 is 11.9 Å². The molecule has 1 heterocycles. The van der Waals surface area contributed by atoms with E-state index in [2.05, 4.69) is 10.6 Å². The Labute approximate surface area is 235 Å². The number of amidine groups is 1. The number of carbonyl (C=O) groups excluding carboxylic acids is 2. The number of aromatic carboxylic acids is 1. The average molecular weight is 549 g/mol. The van der Waals surface area contributed by atoms with Crippen molar-refractivity contribution in [3.63, 3.8) is 0 Å². The molecule has 0 atom stereocenters. The maximum atomic E-state index is 13.7. The first-order chi connectivity index (χ1) is 19.6. The standard InChI is InChI=1S/C32H28N4O5/c1-17(2)16-35-30(37)19-9-12-21(26(13-19)32(39)40)23-15-28-24(22-5-3-4-6-27(22)41-28)14-25(23)31(38)36-20-10-7-18(8-11-20)29(33)34/h3-15,17H,16H2,1-2H3,(H3,33,34)(H,35,37)(H,36,38)(H,39,40). The number of fused-ring (bicyclic) bond motifs is 3. The Hall–Kier alpha value is -5.44. The number of carboxylic acid groups (broad SMARTS) is 1. The molecule has 9 heteroatoms. The highest BCUT2D eigenvalue weighted by Gasteiger charge is 2.23. The smallest absolute Gasteiger partial charge is 0.336 e. The van der Waals surface area contributed by atoms with E-state index in [1.54, 1.807) is 42.5 Å². The molecule has 0 radical (unpaired) electrons. The van der Waals surface area contributed by atoms with Crippen molar-refractivity contribution in [1.29, 1.82) is 5.41 Å². The summed E-state index contributed by atoms with van der Waals surface area (Å²) in [4.78, 5) is 38.8. The largest absolute Gasteiger partial charge is 0.478 e. The lowest BCUT2D eigenvalue weighted by atomic mass is 9.92. The number of furan rings is 1. The fourth-order valence-electron chi connectivity index (χ4n) is 4.61. The number of amides is 2. The first-order valence-corrected chi connectivity index (χ1v) is 13.0. The molecule has 41 heavy (non-hydrogen) atoms. The summed E-state index contributed by atoms with van der Waals surface area (Å²) in [5, 5.41) is 24.9. The second kappa shape index (κ2) is 11.0. The van der Waals surface area contributed by atoms with Crippen LogP contribution in [-0.2, 0) is 0 Å². The fourth-order valence-corrected chi connectivity index (χ4v) is 4.61. The van der Waals surface area contributed by atoms with Crippen molar-refractivity contribution in [2.24, 2.45) is 11.7 Å². The number of rotatable bonds is 8. The molecule has 0 saturated carbocycles. The minimum Gasteiger partial charge on any atom is -0.478 e. The molecular weight excluding hydrogens is 520 g/mol. The molecule has 0 aliphatic carbocycles. The molecule has 9 nitrogen and oxygen atoms in total. The van der Waals surface area contributed by atoms with Crippen LogP contribution in [0.15, 0.2) is 83.3 Å². The number of carboxylic acids is 1. The van der Waals surface area contributed by atoms with Crippen LogP contribution in [0.1, 0.15) is 50.5 Å². The highest BCUT2D eigenvalue weighted by atomic mass is 16.4. The van der Waals surface area contributed by atoms with Crippen molar-refractivity contribution in [2.75, 3.05) is 11.9 Å². The second-order valence-electron chi connectivity index (χ2n) is 10.1. The predicted molar refractivity (Wildman–Crippen MR) is 159 cm³/mol. The van der Waals surface area contributed by atoms with Gasteiger partial charge in [-0.3, -0.25) is 15.0 Å². The van der Waals surface area contributed by atoms with Crippen LogP contribution < -0.4 is 16.4 Å². The second-order valence-corrected chi connectivity index (χ2v) is 10.1. The molecule has 0 aliphatic heterocycles. The molecular formula is C32H28N4O5. The van der Waals surface area contributed by atoms with E-state index in [0.29, 0.717) is 39.9 Å². The highest BCUT2D eigenvalue weighted by molar-refractivity contribution is 6.16. The Morgan fingerprint density at radius 2 is 1.54 bits per heavy atom. The van der Waals surface area contributed by atoms with E-state index in [4.69, 9.17) is 15.6 Å². The lowest BCUT2D eigenvalue weighted by Crippen LogP contribution is -2.27. The van der Waals surface area contributed by atoms with E-state index in [9.17, 15) is 19.5 Å². The van der Waals surface area contributed by atoms with E-state index in [1.165, 1.54) is 12.1 Å². The molecule has 4 aromatic carbocycles. The molecule has 0 spiro atoms. The molecule has 5 rings (SSSR count). The summed E-state index contributed by atoms with van der Waals surface area (Å²) in [6, 6.07) is 21.7. The molecule has 2 amide bonds. The lowest BCUT2D eigenvalue weighted by Gasteiger charge is -2.15. The third kappa shape index (κ3) is 5.51. The number of benzene rings is 4. The van der Waals surface area contributed by atoms with Crippen molar-refractivity contribution in [2.45, 2.75) is 13.8 Å². The van der Waals surface area contributed by atoms with Gasteiger partial charge in [0.05, 0.1) is 5.56 Å². The third-order valence-electron chi connectivity index (χ3n) is 6.69. The van der Waals surface area contributed by atoms with Crippen LogP contribution >= 0.6 is 0 Å². The van der Waals surface area contributed by atoms with Crippen LogP contribution in [0.4, 0.5) is 5.69 Å².